The fourth-order valence-corrected chi connectivity index (χ4v) is 2.02. The van der Waals surface area contributed by atoms with Crippen LogP contribution < -0.4 is 0 Å². The molecule has 0 aromatic carbocycles. The average molecular weight is 178 g/mol. The van der Waals surface area contributed by atoms with E-state index in [9.17, 15) is 0 Å². The van der Waals surface area contributed by atoms with E-state index in [1.165, 1.54) is 0 Å². The Kier molecular flexibility index (Phi) is 3.50. The van der Waals surface area contributed by atoms with Crippen molar-refractivity contribution in [2.24, 2.45) is 5.41 Å². The number of piperidine rings is 1. The molecule has 1 saturated heterocycles. The summed E-state index contributed by atoms with van der Waals surface area (Å²) in [6.07, 6.45) is 5.93. The standard InChI is InChI=1S/C11H18N2/c1-3-4-11(5-8-12)6-9-13(2)10-7-11/h3H,1,4-7,9-10H2,2H3. The van der Waals surface area contributed by atoms with E-state index in [1.807, 2.05) is 6.08 Å². The van der Waals surface area contributed by atoms with E-state index in [-0.39, 0.29) is 5.41 Å². The predicted molar refractivity (Wildman–Crippen MR) is 54.2 cm³/mol. The summed E-state index contributed by atoms with van der Waals surface area (Å²) in [4.78, 5) is 2.33. The van der Waals surface area contributed by atoms with Crippen LogP contribution >= 0.6 is 0 Å². The zero-order valence-corrected chi connectivity index (χ0v) is 8.42. The summed E-state index contributed by atoms with van der Waals surface area (Å²) in [7, 11) is 2.14. The summed E-state index contributed by atoms with van der Waals surface area (Å²) in [6, 6.07) is 2.31. The molecular formula is C11H18N2. The van der Waals surface area contributed by atoms with Crippen LogP contribution in [0.25, 0.3) is 0 Å². The summed E-state index contributed by atoms with van der Waals surface area (Å²) in [5.41, 5.74) is 0.239. The van der Waals surface area contributed by atoms with Crippen molar-refractivity contribution in [1.29, 1.82) is 5.26 Å². The molecule has 0 aromatic heterocycles. The van der Waals surface area contributed by atoms with Gasteiger partial charge in [-0.05, 0) is 44.8 Å². The number of likely N-dealkylation sites (tertiary alicyclic amines) is 1. The van der Waals surface area contributed by atoms with Crippen LogP contribution in [0.2, 0.25) is 0 Å². The molecule has 0 bridgehead atoms. The predicted octanol–water partition coefficient (Wildman–Crippen LogP) is 2.19. The van der Waals surface area contributed by atoms with Crippen LogP contribution in [0.4, 0.5) is 0 Å². The number of nitrogens with zero attached hydrogens (tertiary/aromatic N) is 2. The highest BCUT2D eigenvalue weighted by Crippen LogP contribution is 2.37. The zero-order valence-electron chi connectivity index (χ0n) is 8.42. The number of allylic oxidation sites excluding steroid dienone is 1. The SMILES string of the molecule is C=CCC1(CC#N)CCN(C)CC1. The van der Waals surface area contributed by atoms with Crippen LogP contribution in [0, 0.1) is 16.7 Å². The van der Waals surface area contributed by atoms with Gasteiger partial charge in [0.1, 0.15) is 0 Å². The van der Waals surface area contributed by atoms with Crippen LogP contribution in [0.5, 0.6) is 0 Å². The van der Waals surface area contributed by atoms with E-state index in [2.05, 4.69) is 24.6 Å². The van der Waals surface area contributed by atoms with Crippen molar-refractivity contribution in [1.82, 2.24) is 4.90 Å². The van der Waals surface area contributed by atoms with Crippen molar-refractivity contribution in [2.75, 3.05) is 20.1 Å². The molecule has 0 saturated carbocycles. The van der Waals surface area contributed by atoms with Gasteiger partial charge in [-0.25, -0.2) is 0 Å². The van der Waals surface area contributed by atoms with Gasteiger partial charge in [0.15, 0.2) is 0 Å². The first-order valence-corrected chi connectivity index (χ1v) is 4.89. The lowest BCUT2D eigenvalue weighted by molar-refractivity contribution is 0.128. The summed E-state index contributed by atoms with van der Waals surface area (Å²) >= 11 is 0. The molecule has 1 aliphatic rings. The van der Waals surface area contributed by atoms with Crippen molar-refractivity contribution in [3.05, 3.63) is 12.7 Å². The van der Waals surface area contributed by atoms with Crippen molar-refractivity contribution >= 4 is 0 Å². The van der Waals surface area contributed by atoms with E-state index in [4.69, 9.17) is 5.26 Å². The lowest BCUT2D eigenvalue weighted by Crippen LogP contribution is -2.37. The Morgan fingerprint density at radius 2 is 2.15 bits per heavy atom. The van der Waals surface area contributed by atoms with E-state index < -0.39 is 0 Å². The molecule has 0 radical (unpaired) electrons. The molecule has 0 atom stereocenters. The van der Waals surface area contributed by atoms with Gasteiger partial charge in [0.25, 0.3) is 0 Å². The van der Waals surface area contributed by atoms with Crippen molar-refractivity contribution in [2.45, 2.75) is 25.7 Å². The highest BCUT2D eigenvalue weighted by Gasteiger charge is 2.31. The fourth-order valence-electron chi connectivity index (χ4n) is 2.02. The molecule has 1 heterocycles. The van der Waals surface area contributed by atoms with Gasteiger partial charge in [-0.3, -0.25) is 0 Å². The molecule has 0 spiro atoms. The molecule has 0 unspecified atom stereocenters. The molecule has 0 aromatic rings. The first-order chi connectivity index (χ1) is 6.22. The monoisotopic (exact) mass is 178 g/mol. The molecule has 1 fully saturated rings. The van der Waals surface area contributed by atoms with Gasteiger partial charge in [-0.1, -0.05) is 6.08 Å². The molecule has 2 nitrogen and oxygen atoms in total. The van der Waals surface area contributed by atoms with E-state index in [0.717, 1.165) is 32.4 Å². The first-order valence-electron chi connectivity index (χ1n) is 4.89. The third kappa shape index (κ3) is 2.57. The molecule has 0 amide bonds. The molecule has 0 N–H and O–H groups in total. The second kappa shape index (κ2) is 4.43. The molecule has 1 aliphatic heterocycles. The quantitative estimate of drug-likeness (QED) is 0.619. The lowest BCUT2D eigenvalue weighted by Gasteiger charge is -2.38. The number of hydrogen-bond donors (Lipinski definition) is 0. The smallest absolute Gasteiger partial charge is 0.0627 e. The van der Waals surface area contributed by atoms with Gasteiger partial charge < -0.3 is 4.90 Å². The maximum absolute atomic E-state index is 8.78. The maximum Gasteiger partial charge on any atom is 0.0627 e. The van der Waals surface area contributed by atoms with Crippen LogP contribution in [0.3, 0.4) is 0 Å². The second-order valence-corrected chi connectivity index (χ2v) is 4.13. The minimum absolute atomic E-state index is 0.239. The molecule has 72 valence electrons. The molecular weight excluding hydrogens is 160 g/mol. The fraction of sp³-hybridized carbons (Fsp3) is 0.727. The van der Waals surface area contributed by atoms with E-state index in [1.54, 1.807) is 0 Å². The highest BCUT2D eigenvalue weighted by molar-refractivity contribution is 4.95. The highest BCUT2D eigenvalue weighted by atomic mass is 15.1. The molecule has 0 aliphatic carbocycles. The Balaban J connectivity index is 2.58. The van der Waals surface area contributed by atoms with Crippen molar-refractivity contribution in [3.63, 3.8) is 0 Å². The van der Waals surface area contributed by atoms with Crippen molar-refractivity contribution < 1.29 is 0 Å². The average Bonchev–Trinajstić information content (AvgIpc) is 2.11. The van der Waals surface area contributed by atoms with Gasteiger partial charge >= 0.3 is 0 Å². The van der Waals surface area contributed by atoms with Crippen molar-refractivity contribution in [3.8, 4) is 6.07 Å². The van der Waals surface area contributed by atoms with Crippen LogP contribution in [0.1, 0.15) is 25.7 Å². The maximum atomic E-state index is 8.78. The van der Waals surface area contributed by atoms with Crippen LogP contribution in [0.15, 0.2) is 12.7 Å². The third-order valence-corrected chi connectivity index (χ3v) is 3.08. The molecule has 1 rings (SSSR count). The summed E-state index contributed by atoms with van der Waals surface area (Å²) in [5, 5.41) is 8.78. The summed E-state index contributed by atoms with van der Waals surface area (Å²) in [6.45, 7) is 6.02. The lowest BCUT2D eigenvalue weighted by atomic mass is 9.73. The first kappa shape index (κ1) is 10.3. The Labute approximate surface area is 80.8 Å². The summed E-state index contributed by atoms with van der Waals surface area (Å²) < 4.78 is 0. The van der Waals surface area contributed by atoms with Crippen LogP contribution in [-0.4, -0.2) is 25.0 Å². The Morgan fingerprint density at radius 3 is 2.62 bits per heavy atom. The largest absolute Gasteiger partial charge is 0.306 e. The minimum atomic E-state index is 0.239. The zero-order chi connectivity index (χ0) is 9.73. The van der Waals surface area contributed by atoms with E-state index in [0.29, 0.717) is 6.42 Å². The van der Waals surface area contributed by atoms with Gasteiger partial charge in [0.2, 0.25) is 0 Å². The van der Waals surface area contributed by atoms with Gasteiger partial charge in [0, 0.05) is 6.42 Å². The summed E-state index contributed by atoms with van der Waals surface area (Å²) in [5.74, 6) is 0. The minimum Gasteiger partial charge on any atom is -0.306 e. The van der Waals surface area contributed by atoms with Gasteiger partial charge in [-0.2, -0.15) is 5.26 Å². The number of nitriles is 1. The second-order valence-electron chi connectivity index (χ2n) is 4.13. The Morgan fingerprint density at radius 1 is 1.54 bits per heavy atom. The number of hydrogen-bond acceptors (Lipinski definition) is 2. The van der Waals surface area contributed by atoms with E-state index >= 15 is 0 Å². The normalized spacial score (nSPS) is 22.2. The van der Waals surface area contributed by atoms with Gasteiger partial charge in [-0.15, -0.1) is 6.58 Å². The Hall–Kier alpha value is -0.810. The molecule has 13 heavy (non-hydrogen) atoms. The number of rotatable bonds is 3. The van der Waals surface area contributed by atoms with Crippen LogP contribution in [-0.2, 0) is 0 Å². The topological polar surface area (TPSA) is 27.0 Å². The third-order valence-electron chi connectivity index (χ3n) is 3.08. The van der Waals surface area contributed by atoms with Gasteiger partial charge in [0.05, 0.1) is 6.07 Å². The Bertz CT molecular complexity index is 207. The molecule has 2 heteroatoms.